The fraction of sp³-hybridized carbons (Fsp3) is 0.941. The molecule has 0 aromatic carbocycles. The Hall–Kier alpha value is -0.610. The summed E-state index contributed by atoms with van der Waals surface area (Å²) in [6.07, 6.45) is 9.46. The Labute approximate surface area is 128 Å². The van der Waals surface area contributed by atoms with Crippen molar-refractivity contribution in [1.29, 1.82) is 0 Å². The lowest BCUT2D eigenvalue weighted by atomic mass is 9.78. The molecule has 0 heterocycles. The van der Waals surface area contributed by atoms with E-state index >= 15 is 0 Å². The summed E-state index contributed by atoms with van der Waals surface area (Å²) in [7, 11) is 2.14. The summed E-state index contributed by atoms with van der Waals surface area (Å²) in [5.41, 5.74) is -0.616. The third-order valence-corrected chi connectivity index (χ3v) is 5.28. The first-order valence-electron chi connectivity index (χ1n) is 8.63. The van der Waals surface area contributed by atoms with Gasteiger partial charge in [-0.15, -0.1) is 0 Å². The van der Waals surface area contributed by atoms with Crippen molar-refractivity contribution in [3.63, 3.8) is 0 Å². The van der Waals surface area contributed by atoms with Gasteiger partial charge in [-0.2, -0.15) is 0 Å². The molecule has 0 radical (unpaired) electrons. The number of hydrogen-bond acceptors (Lipinski definition) is 4. The number of carbonyl (C=O) groups excluding carboxylic acids is 1. The average molecular weight is 297 g/mol. The van der Waals surface area contributed by atoms with Gasteiger partial charge in [0.25, 0.3) is 0 Å². The second-order valence-electron chi connectivity index (χ2n) is 6.96. The third kappa shape index (κ3) is 4.68. The summed E-state index contributed by atoms with van der Waals surface area (Å²) in [5.74, 6) is -0.0922. The zero-order chi connectivity index (χ0) is 15.3. The molecule has 2 fully saturated rings. The van der Waals surface area contributed by atoms with E-state index in [4.69, 9.17) is 4.74 Å². The van der Waals surface area contributed by atoms with Crippen LogP contribution in [0.2, 0.25) is 0 Å². The van der Waals surface area contributed by atoms with Crippen molar-refractivity contribution in [3.8, 4) is 0 Å². The van der Waals surface area contributed by atoms with Crippen LogP contribution in [-0.4, -0.2) is 47.8 Å². The van der Waals surface area contributed by atoms with Crippen molar-refractivity contribution in [1.82, 2.24) is 4.90 Å². The summed E-state index contributed by atoms with van der Waals surface area (Å²) < 4.78 is 5.09. The van der Waals surface area contributed by atoms with Crippen LogP contribution in [0.4, 0.5) is 0 Å². The highest BCUT2D eigenvalue weighted by Crippen LogP contribution is 2.34. The maximum absolute atomic E-state index is 11.8. The first kappa shape index (κ1) is 16.8. The van der Waals surface area contributed by atoms with Gasteiger partial charge in [-0.05, 0) is 52.5 Å². The molecule has 0 aromatic heterocycles. The van der Waals surface area contributed by atoms with Crippen LogP contribution in [-0.2, 0) is 9.53 Å². The fourth-order valence-corrected chi connectivity index (χ4v) is 3.92. The van der Waals surface area contributed by atoms with E-state index in [2.05, 4.69) is 11.9 Å². The van der Waals surface area contributed by atoms with E-state index in [1.807, 2.05) is 6.92 Å². The molecule has 4 nitrogen and oxygen atoms in total. The van der Waals surface area contributed by atoms with Crippen molar-refractivity contribution in [2.45, 2.75) is 76.4 Å². The van der Waals surface area contributed by atoms with Crippen LogP contribution < -0.4 is 0 Å². The van der Waals surface area contributed by atoms with Crippen LogP contribution in [0.15, 0.2) is 0 Å². The van der Waals surface area contributed by atoms with Crippen molar-refractivity contribution in [2.75, 3.05) is 20.2 Å². The molecule has 2 aliphatic rings. The van der Waals surface area contributed by atoms with Crippen LogP contribution in [0.1, 0.15) is 64.7 Å². The van der Waals surface area contributed by atoms with Crippen LogP contribution in [0.3, 0.4) is 0 Å². The molecule has 0 unspecified atom stereocenters. The van der Waals surface area contributed by atoms with Gasteiger partial charge in [-0.25, -0.2) is 0 Å². The van der Waals surface area contributed by atoms with Gasteiger partial charge in [-0.1, -0.05) is 19.3 Å². The Bertz CT molecular complexity index is 331. The van der Waals surface area contributed by atoms with E-state index in [0.29, 0.717) is 25.5 Å². The number of aliphatic hydroxyl groups is 1. The number of ether oxygens (including phenoxy) is 1. The number of likely N-dealkylation sites (N-methyl/N-ethyl adjacent to an activating group) is 1. The molecule has 0 saturated heterocycles. The lowest BCUT2D eigenvalue weighted by Crippen LogP contribution is -2.48. The zero-order valence-electron chi connectivity index (χ0n) is 13.6. The molecule has 1 N–H and O–H groups in total. The molecule has 4 heteroatoms. The maximum Gasteiger partial charge on any atom is 0.308 e. The topological polar surface area (TPSA) is 49.8 Å². The number of carbonyl (C=O) groups is 1. The number of rotatable bonds is 5. The zero-order valence-corrected chi connectivity index (χ0v) is 13.6. The summed E-state index contributed by atoms with van der Waals surface area (Å²) in [6.45, 7) is 3.04. The third-order valence-electron chi connectivity index (χ3n) is 5.28. The molecule has 0 bridgehead atoms. The number of nitrogens with zero attached hydrogens (tertiary/aromatic N) is 1. The van der Waals surface area contributed by atoms with Gasteiger partial charge in [0.15, 0.2) is 0 Å². The van der Waals surface area contributed by atoms with Crippen LogP contribution >= 0.6 is 0 Å². The van der Waals surface area contributed by atoms with Crippen LogP contribution in [0.25, 0.3) is 0 Å². The smallest absolute Gasteiger partial charge is 0.308 e. The molecular formula is C17H31NO3. The summed E-state index contributed by atoms with van der Waals surface area (Å²) >= 11 is 0. The lowest BCUT2D eigenvalue weighted by molar-refractivity contribution is -0.151. The molecule has 2 rings (SSSR count). The molecule has 21 heavy (non-hydrogen) atoms. The van der Waals surface area contributed by atoms with E-state index in [0.717, 1.165) is 19.4 Å². The Morgan fingerprint density at radius 1 is 1.19 bits per heavy atom. The van der Waals surface area contributed by atoms with Gasteiger partial charge in [-0.3, -0.25) is 4.79 Å². The highest BCUT2D eigenvalue weighted by molar-refractivity contribution is 5.72. The van der Waals surface area contributed by atoms with E-state index in [9.17, 15) is 9.90 Å². The van der Waals surface area contributed by atoms with Gasteiger partial charge < -0.3 is 14.7 Å². The molecule has 0 spiro atoms. The minimum Gasteiger partial charge on any atom is -0.466 e. The minimum atomic E-state index is -0.616. The molecule has 2 aliphatic carbocycles. The second-order valence-corrected chi connectivity index (χ2v) is 6.96. The second kappa shape index (κ2) is 7.59. The Kier molecular flexibility index (Phi) is 6.06. The van der Waals surface area contributed by atoms with E-state index in [1.54, 1.807) is 0 Å². The molecule has 0 aromatic rings. The van der Waals surface area contributed by atoms with Gasteiger partial charge >= 0.3 is 5.97 Å². The molecule has 122 valence electrons. The summed E-state index contributed by atoms with van der Waals surface area (Å²) in [6, 6.07) is 0.630. The van der Waals surface area contributed by atoms with Crippen LogP contribution in [0, 0.1) is 5.92 Å². The first-order valence-corrected chi connectivity index (χ1v) is 8.63. The van der Waals surface area contributed by atoms with Gasteiger partial charge in [0.1, 0.15) is 0 Å². The molecule has 0 amide bonds. The quantitative estimate of drug-likeness (QED) is 0.793. The van der Waals surface area contributed by atoms with E-state index in [-0.39, 0.29) is 11.9 Å². The standard InChI is InChI=1S/C17H31NO3/c1-3-21-16(19)14-9-11-17(20,12-10-14)13-18(2)15-7-5-4-6-8-15/h14-15,20H,3-13H2,1-2H3. The fourth-order valence-electron chi connectivity index (χ4n) is 3.92. The normalized spacial score (nSPS) is 31.3. The van der Waals surface area contributed by atoms with Crippen molar-refractivity contribution >= 4 is 5.97 Å². The van der Waals surface area contributed by atoms with E-state index < -0.39 is 5.60 Å². The van der Waals surface area contributed by atoms with Crippen molar-refractivity contribution in [3.05, 3.63) is 0 Å². The largest absolute Gasteiger partial charge is 0.466 e. The van der Waals surface area contributed by atoms with E-state index in [1.165, 1.54) is 32.1 Å². The highest BCUT2D eigenvalue weighted by Gasteiger charge is 2.38. The van der Waals surface area contributed by atoms with Gasteiger partial charge in [0, 0.05) is 12.6 Å². The number of hydrogen-bond donors (Lipinski definition) is 1. The average Bonchev–Trinajstić information content (AvgIpc) is 2.48. The Balaban J connectivity index is 1.79. The SMILES string of the molecule is CCOC(=O)C1CCC(O)(CN(C)C2CCCCC2)CC1. The van der Waals surface area contributed by atoms with Gasteiger partial charge in [0.05, 0.1) is 18.1 Å². The Morgan fingerprint density at radius 2 is 1.81 bits per heavy atom. The van der Waals surface area contributed by atoms with Crippen molar-refractivity contribution < 1.29 is 14.6 Å². The molecular weight excluding hydrogens is 266 g/mol. The predicted molar refractivity (Wildman–Crippen MR) is 83.0 cm³/mol. The number of esters is 1. The highest BCUT2D eigenvalue weighted by atomic mass is 16.5. The summed E-state index contributed by atoms with van der Waals surface area (Å²) in [5, 5.41) is 10.8. The van der Waals surface area contributed by atoms with Crippen molar-refractivity contribution in [2.24, 2.45) is 5.92 Å². The summed E-state index contributed by atoms with van der Waals surface area (Å²) in [4.78, 5) is 14.1. The molecule has 0 atom stereocenters. The first-order chi connectivity index (χ1) is 10.0. The molecule has 0 aliphatic heterocycles. The van der Waals surface area contributed by atoms with Gasteiger partial charge in [0.2, 0.25) is 0 Å². The monoisotopic (exact) mass is 297 g/mol. The minimum absolute atomic E-state index is 0.00906. The molecule has 2 saturated carbocycles. The predicted octanol–water partition coefficient (Wildman–Crippen LogP) is 2.74. The Morgan fingerprint density at radius 3 is 2.38 bits per heavy atom. The van der Waals surface area contributed by atoms with Crippen LogP contribution in [0.5, 0.6) is 0 Å². The maximum atomic E-state index is 11.8. The lowest BCUT2D eigenvalue weighted by Gasteiger charge is -2.41.